The van der Waals surface area contributed by atoms with Gasteiger partial charge in [-0.05, 0) is 45.7 Å². The summed E-state index contributed by atoms with van der Waals surface area (Å²) >= 11 is 5.43. The summed E-state index contributed by atoms with van der Waals surface area (Å²) in [5.74, 6) is 0.885. The van der Waals surface area contributed by atoms with Crippen LogP contribution in [-0.4, -0.2) is 28.3 Å². The molecule has 16 heavy (non-hydrogen) atoms. The van der Waals surface area contributed by atoms with E-state index in [4.69, 9.17) is 0 Å². The zero-order chi connectivity index (χ0) is 11.5. The van der Waals surface area contributed by atoms with Gasteiger partial charge in [0.05, 0.1) is 12.2 Å². The molecule has 0 radical (unpaired) electrons. The summed E-state index contributed by atoms with van der Waals surface area (Å²) in [4.78, 5) is 8.52. The van der Waals surface area contributed by atoms with Gasteiger partial charge in [0.2, 0.25) is 0 Å². The van der Waals surface area contributed by atoms with Crippen molar-refractivity contribution in [1.82, 2.24) is 9.88 Å². The van der Waals surface area contributed by atoms with Crippen LogP contribution in [0, 0.1) is 19.8 Å². The van der Waals surface area contributed by atoms with Crippen LogP contribution in [0.2, 0.25) is 0 Å². The fraction of sp³-hybridized carbons (Fsp3) is 0.750. The van der Waals surface area contributed by atoms with Gasteiger partial charge in [0.1, 0.15) is 5.01 Å². The summed E-state index contributed by atoms with van der Waals surface area (Å²) in [7, 11) is 0. The first-order valence-electron chi connectivity index (χ1n) is 5.90. The largest absolute Gasteiger partial charge is 0.297 e. The molecular weight excluding hydrogens is 284 g/mol. The van der Waals surface area contributed by atoms with Crippen LogP contribution in [0.15, 0.2) is 0 Å². The molecule has 1 aliphatic rings. The highest BCUT2D eigenvalue weighted by Gasteiger charge is 2.19. The number of aromatic nitrogens is 1. The van der Waals surface area contributed by atoms with Crippen molar-refractivity contribution in [3.8, 4) is 0 Å². The first kappa shape index (κ1) is 12.5. The van der Waals surface area contributed by atoms with Crippen LogP contribution >= 0.6 is 27.3 Å². The molecule has 1 aliphatic heterocycles. The fourth-order valence-electron chi connectivity index (χ4n) is 2.10. The van der Waals surface area contributed by atoms with Gasteiger partial charge in [0, 0.05) is 10.2 Å². The van der Waals surface area contributed by atoms with E-state index < -0.39 is 0 Å². The molecule has 0 atom stereocenters. The molecule has 0 amide bonds. The molecule has 2 nitrogen and oxygen atoms in total. The van der Waals surface area contributed by atoms with Crippen LogP contribution in [0.3, 0.4) is 0 Å². The van der Waals surface area contributed by atoms with Crippen LogP contribution in [-0.2, 0) is 6.54 Å². The molecule has 1 fully saturated rings. The van der Waals surface area contributed by atoms with Crippen molar-refractivity contribution < 1.29 is 0 Å². The Kier molecular flexibility index (Phi) is 4.39. The number of nitrogens with zero attached hydrogens (tertiary/aromatic N) is 2. The minimum absolute atomic E-state index is 0.885. The first-order chi connectivity index (χ1) is 7.69. The first-order valence-corrected chi connectivity index (χ1v) is 7.84. The van der Waals surface area contributed by atoms with Gasteiger partial charge < -0.3 is 0 Å². The number of likely N-dealkylation sites (tertiary alicyclic amines) is 1. The molecule has 0 aliphatic carbocycles. The molecule has 1 aromatic rings. The molecule has 2 heterocycles. The predicted octanol–water partition coefficient (Wildman–Crippen LogP) is 3.37. The molecular formula is C12H19BrN2S. The molecule has 0 spiro atoms. The van der Waals surface area contributed by atoms with Crippen molar-refractivity contribution in [2.75, 3.05) is 18.4 Å². The van der Waals surface area contributed by atoms with Crippen LogP contribution in [0.1, 0.15) is 28.4 Å². The summed E-state index contributed by atoms with van der Waals surface area (Å²) in [6, 6.07) is 0. The van der Waals surface area contributed by atoms with Crippen molar-refractivity contribution in [3.63, 3.8) is 0 Å². The molecule has 1 aromatic heterocycles. The van der Waals surface area contributed by atoms with E-state index in [0.29, 0.717) is 0 Å². The average molecular weight is 303 g/mol. The third-order valence-corrected chi connectivity index (χ3v) is 5.33. The zero-order valence-corrected chi connectivity index (χ0v) is 12.4. The maximum Gasteiger partial charge on any atom is 0.107 e. The van der Waals surface area contributed by atoms with Gasteiger partial charge in [-0.1, -0.05) is 15.9 Å². The van der Waals surface area contributed by atoms with Crippen molar-refractivity contribution in [3.05, 3.63) is 15.6 Å². The lowest BCUT2D eigenvalue weighted by atomic mass is 9.99. The van der Waals surface area contributed by atoms with Crippen molar-refractivity contribution >= 4 is 27.3 Å². The smallest absolute Gasteiger partial charge is 0.107 e. The Morgan fingerprint density at radius 3 is 2.56 bits per heavy atom. The summed E-state index contributed by atoms with van der Waals surface area (Å²) in [5.41, 5.74) is 1.20. The zero-order valence-electron chi connectivity index (χ0n) is 10.0. The van der Waals surface area contributed by atoms with E-state index in [0.717, 1.165) is 17.8 Å². The van der Waals surface area contributed by atoms with Crippen LogP contribution in [0.25, 0.3) is 0 Å². The summed E-state index contributed by atoms with van der Waals surface area (Å²) in [6.07, 6.45) is 2.66. The molecule has 0 saturated carbocycles. The molecule has 1 saturated heterocycles. The molecule has 90 valence electrons. The molecule has 0 aromatic carbocycles. The Morgan fingerprint density at radius 2 is 2.06 bits per heavy atom. The monoisotopic (exact) mass is 302 g/mol. The van der Waals surface area contributed by atoms with Gasteiger partial charge in [-0.25, -0.2) is 4.98 Å². The van der Waals surface area contributed by atoms with Gasteiger partial charge in [-0.3, -0.25) is 4.90 Å². The quantitative estimate of drug-likeness (QED) is 0.796. The second kappa shape index (κ2) is 5.61. The lowest BCUT2D eigenvalue weighted by Crippen LogP contribution is -2.33. The second-order valence-electron chi connectivity index (χ2n) is 4.62. The van der Waals surface area contributed by atoms with Crippen LogP contribution in [0.5, 0.6) is 0 Å². The van der Waals surface area contributed by atoms with Gasteiger partial charge in [-0.2, -0.15) is 0 Å². The minimum atomic E-state index is 0.885. The van der Waals surface area contributed by atoms with Gasteiger partial charge in [0.15, 0.2) is 0 Å². The molecule has 2 rings (SSSR count). The number of halogens is 1. The Balaban J connectivity index is 1.87. The van der Waals surface area contributed by atoms with Crippen LogP contribution in [0.4, 0.5) is 0 Å². The SMILES string of the molecule is Cc1nc(CN2CCC(CBr)CC2)sc1C. The topological polar surface area (TPSA) is 16.1 Å². The minimum Gasteiger partial charge on any atom is -0.297 e. The van der Waals surface area contributed by atoms with Gasteiger partial charge >= 0.3 is 0 Å². The van der Waals surface area contributed by atoms with E-state index in [1.807, 2.05) is 11.3 Å². The Labute approximate surface area is 110 Å². The fourth-order valence-corrected chi connectivity index (χ4v) is 3.72. The third kappa shape index (κ3) is 3.05. The molecule has 0 N–H and O–H groups in total. The Morgan fingerprint density at radius 1 is 1.38 bits per heavy atom. The van der Waals surface area contributed by atoms with E-state index in [-0.39, 0.29) is 0 Å². The summed E-state index contributed by atoms with van der Waals surface area (Å²) < 4.78 is 0. The highest BCUT2D eigenvalue weighted by molar-refractivity contribution is 9.09. The van der Waals surface area contributed by atoms with Gasteiger partial charge in [0.25, 0.3) is 0 Å². The molecule has 0 unspecified atom stereocenters. The number of aryl methyl sites for hydroxylation is 2. The molecule has 0 bridgehead atoms. The lowest BCUT2D eigenvalue weighted by molar-refractivity contribution is 0.187. The second-order valence-corrected chi connectivity index (χ2v) is 6.56. The van der Waals surface area contributed by atoms with Crippen molar-refractivity contribution in [1.29, 1.82) is 0 Å². The van der Waals surface area contributed by atoms with Crippen molar-refractivity contribution in [2.24, 2.45) is 5.92 Å². The van der Waals surface area contributed by atoms with E-state index >= 15 is 0 Å². The highest BCUT2D eigenvalue weighted by Crippen LogP contribution is 2.23. The number of hydrogen-bond donors (Lipinski definition) is 0. The summed E-state index contributed by atoms with van der Waals surface area (Å²) in [5, 5.41) is 2.45. The van der Waals surface area contributed by atoms with Gasteiger partial charge in [-0.15, -0.1) is 11.3 Å². The lowest BCUT2D eigenvalue weighted by Gasteiger charge is -2.30. The van der Waals surface area contributed by atoms with E-state index in [9.17, 15) is 0 Å². The standard InChI is InChI=1S/C12H19BrN2S/c1-9-10(2)16-12(14-9)8-15-5-3-11(7-13)4-6-15/h11H,3-8H2,1-2H3. The average Bonchev–Trinajstić information content (AvgIpc) is 2.59. The number of rotatable bonds is 3. The Bertz CT molecular complexity index is 323. The summed E-state index contributed by atoms with van der Waals surface area (Å²) in [6.45, 7) is 7.77. The number of piperidine rings is 1. The highest BCUT2D eigenvalue weighted by atomic mass is 79.9. The maximum atomic E-state index is 4.61. The van der Waals surface area contributed by atoms with E-state index in [1.54, 1.807) is 0 Å². The Hall–Kier alpha value is 0.0700. The number of hydrogen-bond acceptors (Lipinski definition) is 3. The number of thiazole rings is 1. The van der Waals surface area contributed by atoms with E-state index in [2.05, 4.69) is 39.7 Å². The number of alkyl halides is 1. The van der Waals surface area contributed by atoms with E-state index in [1.165, 1.54) is 41.5 Å². The van der Waals surface area contributed by atoms with Crippen molar-refractivity contribution in [2.45, 2.75) is 33.2 Å². The molecule has 4 heteroatoms. The third-order valence-electron chi connectivity index (χ3n) is 3.36. The normalized spacial score (nSPS) is 19.2. The van der Waals surface area contributed by atoms with Crippen LogP contribution < -0.4 is 0 Å². The maximum absolute atomic E-state index is 4.61. The predicted molar refractivity (Wildman–Crippen MR) is 73.4 cm³/mol.